The molecule has 0 fully saturated rings. The first-order valence-corrected chi connectivity index (χ1v) is 6.29. The third kappa shape index (κ3) is 4.06. The molecule has 0 aliphatic rings. The monoisotopic (exact) mass is 332 g/mol. The molecule has 11 heteroatoms. The third-order valence-corrected chi connectivity index (χ3v) is 2.98. The van der Waals surface area contributed by atoms with Crippen molar-refractivity contribution in [3.05, 3.63) is 37.9 Å². The summed E-state index contributed by atoms with van der Waals surface area (Å²) in [5, 5.41) is 30.8. The smallest absolute Gasteiger partial charge is 0.360 e. The molecule has 0 spiro atoms. The van der Waals surface area contributed by atoms with Crippen molar-refractivity contribution in [2.75, 3.05) is 18.0 Å². The van der Waals surface area contributed by atoms with E-state index in [1.54, 1.807) is 6.07 Å². The lowest BCUT2D eigenvalue weighted by Crippen LogP contribution is -2.26. The average Bonchev–Trinajstić information content (AvgIpc) is 2.46. The Bertz CT molecular complexity index is 634. The van der Waals surface area contributed by atoms with Gasteiger partial charge in [-0.3, -0.25) is 20.2 Å². The Morgan fingerprint density at radius 2 is 1.70 bits per heavy atom. The van der Waals surface area contributed by atoms with Crippen molar-refractivity contribution in [3.8, 4) is 6.07 Å². The second-order valence-corrected chi connectivity index (χ2v) is 4.36. The molecule has 1 aromatic rings. The fraction of sp³-hybridized carbons (Fsp3) is 0.417. The van der Waals surface area contributed by atoms with E-state index in [9.17, 15) is 33.4 Å². The van der Waals surface area contributed by atoms with E-state index in [0.29, 0.717) is 0 Å². The summed E-state index contributed by atoms with van der Waals surface area (Å²) in [7, 11) is 0. The van der Waals surface area contributed by atoms with Crippen molar-refractivity contribution in [1.29, 1.82) is 5.26 Å². The molecule has 0 radical (unpaired) electrons. The van der Waals surface area contributed by atoms with Crippen LogP contribution in [0, 0.1) is 31.6 Å². The number of hydrogen-bond donors (Lipinski definition) is 0. The number of benzene rings is 1. The highest BCUT2D eigenvalue weighted by molar-refractivity contribution is 5.76. The molecule has 8 nitrogen and oxygen atoms in total. The lowest BCUT2D eigenvalue weighted by Gasteiger charge is -2.22. The van der Waals surface area contributed by atoms with Crippen molar-refractivity contribution in [2.24, 2.45) is 0 Å². The molecule has 23 heavy (non-hydrogen) atoms. The van der Waals surface area contributed by atoms with Gasteiger partial charge in [0.05, 0.1) is 27.9 Å². The Kier molecular flexibility index (Phi) is 5.45. The van der Waals surface area contributed by atoms with E-state index < -0.39 is 38.6 Å². The van der Waals surface area contributed by atoms with Crippen LogP contribution in [0.25, 0.3) is 0 Å². The molecule has 0 saturated carbocycles. The van der Waals surface area contributed by atoms with Gasteiger partial charge in [0.1, 0.15) is 0 Å². The molecule has 0 heterocycles. The minimum atomic E-state index is -4.96. The maximum absolute atomic E-state index is 12.8. The van der Waals surface area contributed by atoms with Crippen LogP contribution in [-0.2, 0) is 6.18 Å². The van der Waals surface area contributed by atoms with Crippen LogP contribution in [0.5, 0.6) is 0 Å². The van der Waals surface area contributed by atoms with Gasteiger partial charge in [-0.2, -0.15) is 18.4 Å². The van der Waals surface area contributed by atoms with Gasteiger partial charge in [0.15, 0.2) is 5.69 Å². The topological polar surface area (TPSA) is 113 Å². The van der Waals surface area contributed by atoms with Crippen molar-refractivity contribution in [3.63, 3.8) is 0 Å². The Balaban J connectivity index is 3.68. The normalized spacial score (nSPS) is 10.9. The van der Waals surface area contributed by atoms with Gasteiger partial charge < -0.3 is 4.90 Å². The fourth-order valence-electron chi connectivity index (χ4n) is 1.98. The van der Waals surface area contributed by atoms with Gasteiger partial charge >= 0.3 is 6.18 Å². The van der Waals surface area contributed by atoms with E-state index >= 15 is 0 Å². The van der Waals surface area contributed by atoms with Gasteiger partial charge in [-0.25, -0.2) is 0 Å². The van der Waals surface area contributed by atoms with E-state index in [-0.39, 0.29) is 31.6 Å². The Morgan fingerprint density at radius 1 is 1.22 bits per heavy atom. The number of nitriles is 1. The average molecular weight is 332 g/mol. The van der Waals surface area contributed by atoms with Crippen molar-refractivity contribution >= 4 is 17.1 Å². The Morgan fingerprint density at radius 3 is 2.00 bits per heavy atom. The molecule has 0 bridgehead atoms. The second kappa shape index (κ2) is 6.91. The summed E-state index contributed by atoms with van der Waals surface area (Å²) in [5.74, 6) is 0. The van der Waals surface area contributed by atoms with Crippen LogP contribution >= 0.6 is 0 Å². The number of nitrogens with zero attached hydrogens (tertiary/aromatic N) is 4. The number of alkyl halides is 3. The molecule has 0 N–H and O–H groups in total. The highest BCUT2D eigenvalue weighted by Crippen LogP contribution is 2.43. The number of anilines is 1. The van der Waals surface area contributed by atoms with Crippen molar-refractivity contribution in [2.45, 2.75) is 19.5 Å². The molecular formula is C12H11F3N4O4. The molecule has 0 saturated heterocycles. The second-order valence-electron chi connectivity index (χ2n) is 4.36. The minimum Gasteiger partial charge on any atom is -0.360 e. The van der Waals surface area contributed by atoms with Crippen LogP contribution < -0.4 is 4.90 Å². The van der Waals surface area contributed by atoms with Gasteiger partial charge in [0.25, 0.3) is 11.4 Å². The molecule has 0 aliphatic heterocycles. The highest BCUT2D eigenvalue weighted by atomic mass is 19.4. The third-order valence-electron chi connectivity index (χ3n) is 2.98. The number of hydrogen-bond acceptors (Lipinski definition) is 6. The molecule has 0 aliphatic carbocycles. The first kappa shape index (κ1) is 18.1. The largest absolute Gasteiger partial charge is 0.416 e. The summed E-state index contributed by atoms with van der Waals surface area (Å²) >= 11 is 0. The lowest BCUT2D eigenvalue weighted by molar-refractivity contribution is -0.393. The predicted molar refractivity (Wildman–Crippen MR) is 72.9 cm³/mol. The van der Waals surface area contributed by atoms with Gasteiger partial charge in [-0.05, 0) is 6.92 Å². The molecule has 0 amide bonds. The van der Waals surface area contributed by atoms with Crippen LogP contribution in [0.2, 0.25) is 0 Å². The predicted octanol–water partition coefficient (Wildman–Crippen LogP) is 3.26. The lowest BCUT2D eigenvalue weighted by atomic mass is 10.1. The fourth-order valence-corrected chi connectivity index (χ4v) is 1.98. The standard InChI is InChI=1S/C12H11F3N4O4/c1-2-17(5-3-4-16)11-9(18(20)21)6-8(12(13,14)15)7-10(11)19(22)23/h6-7H,2-3,5H2,1H3. The van der Waals surface area contributed by atoms with E-state index in [0.717, 1.165) is 4.90 Å². The number of nitro benzene ring substituents is 2. The molecular weight excluding hydrogens is 321 g/mol. The van der Waals surface area contributed by atoms with E-state index in [4.69, 9.17) is 5.26 Å². The molecule has 1 aromatic carbocycles. The summed E-state index contributed by atoms with van der Waals surface area (Å²) in [4.78, 5) is 21.1. The van der Waals surface area contributed by atoms with Crippen LogP contribution in [-0.4, -0.2) is 22.9 Å². The minimum absolute atomic E-state index is 0.0503. The number of halogens is 3. The molecule has 124 valence electrons. The van der Waals surface area contributed by atoms with Crippen LogP contribution in [0.1, 0.15) is 18.9 Å². The summed E-state index contributed by atoms with van der Waals surface area (Å²) in [5.41, 5.74) is -4.06. The molecule has 0 unspecified atom stereocenters. The quantitative estimate of drug-likeness (QED) is 0.583. The van der Waals surface area contributed by atoms with Gasteiger partial charge in [-0.15, -0.1) is 0 Å². The molecule has 0 aromatic heterocycles. The van der Waals surface area contributed by atoms with Crippen LogP contribution in [0.3, 0.4) is 0 Å². The zero-order chi connectivity index (χ0) is 17.8. The number of rotatable bonds is 6. The van der Waals surface area contributed by atoms with Crippen LogP contribution in [0.15, 0.2) is 12.1 Å². The van der Waals surface area contributed by atoms with E-state index in [1.165, 1.54) is 6.92 Å². The Labute approximate surface area is 128 Å². The summed E-state index contributed by atoms with van der Waals surface area (Å²) in [6, 6.07) is 2.30. The SMILES string of the molecule is CCN(CCC#N)c1c([N+](=O)[O-])cc(C(F)(F)F)cc1[N+](=O)[O-]. The first-order valence-electron chi connectivity index (χ1n) is 6.29. The zero-order valence-corrected chi connectivity index (χ0v) is 11.8. The van der Waals surface area contributed by atoms with Crippen LogP contribution in [0.4, 0.5) is 30.2 Å². The highest BCUT2D eigenvalue weighted by Gasteiger charge is 2.38. The molecule has 1 rings (SSSR count). The van der Waals surface area contributed by atoms with E-state index in [2.05, 4.69) is 0 Å². The van der Waals surface area contributed by atoms with Gasteiger partial charge in [-0.1, -0.05) is 0 Å². The maximum Gasteiger partial charge on any atom is 0.416 e. The van der Waals surface area contributed by atoms with Gasteiger partial charge in [0, 0.05) is 25.2 Å². The van der Waals surface area contributed by atoms with Crippen molar-refractivity contribution < 1.29 is 23.0 Å². The first-order chi connectivity index (χ1) is 10.6. The summed E-state index contributed by atoms with van der Waals surface area (Å²) in [6.45, 7) is 1.48. The zero-order valence-electron chi connectivity index (χ0n) is 11.8. The van der Waals surface area contributed by atoms with E-state index in [1.807, 2.05) is 0 Å². The summed E-state index contributed by atoms with van der Waals surface area (Å²) in [6.07, 6.45) is -5.05. The number of nitro groups is 2. The Hall–Kier alpha value is -2.90. The van der Waals surface area contributed by atoms with Crippen molar-refractivity contribution in [1.82, 2.24) is 0 Å². The molecule has 0 atom stereocenters. The maximum atomic E-state index is 12.8. The van der Waals surface area contributed by atoms with Gasteiger partial charge in [0.2, 0.25) is 0 Å². The summed E-state index contributed by atoms with van der Waals surface area (Å²) < 4.78 is 38.4.